The number of halogens is 1. The van der Waals surface area contributed by atoms with Crippen molar-refractivity contribution in [2.75, 3.05) is 26.0 Å². The molecule has 19 heavy (non-hydrogen) atoms. The minimum Gasteiger partial charge on any atom is -0.353 e. The van der Waals surface area contributed by atoms with Gasteiger partial charge in [0.1, 0.15) is 5.82 Å². The summed E-state index contributed by atoms with van der Waals surface area (Å²) >= 11 is 2.75. The van der Waals surface area contributed by atoms with Gasteiger partial charge in [-0.1, -0.05) is 29.2 Å². The predicted molar refractivity (Wildman–Crippen MR) is 77.5 cm³/mol. The van der Waals surface area contributed by atoms with Crippen LogP contribution < -0.4 is 10.2 Å². The maximum atomic E-state index is 13.9. The minimum absolute atomic E-state index is 0.223. The molecule has 4 nitrogen and oxygen atoms in total. The van der Waals surface area contributed by atoms with Crippen LogP contribution in [0.15, 0.2) is 27.4 Å². The standard InChI is InChI=1S/C12H15FN4S2/c1-14-7-8-4-5-10(9(13)6-8)18-12-16-15-11(19-12)17(2)3/h4-6,14H,7H2,1-3H3. The quantitative estimate of drug-likeness (QED) is 0.919. The predicted octanol–water partition coefficient (Wildman–Crippen LogP) is 2.61. The Kier molecular flexibility index (Phi) is 4.73. The monoisotopic (exact) mass is 298 g/mol. The average molecular weight is 298 g/mol. The molecule has 0 spiro atoms. The van der Waals surface area contributed by atoms with Crippen molar-refractivity contribution in [3.8, 4) is 0 Å². The Bertz CT molecular complexity index is 556. The highest BCUT2D eigenvalue weighted by Crippen LogP contribution is 2.34. The molecule has 1 aromatic heterocycles. The van der Waals surface area contributed by atoms with Gasteiger partial charge in [0.15, 0.2) is 4.34 Å². The van der Waals surface area contributed by atoms with E-state index in [2.05, 4.69) is 15.5 Å². The Balaban J connectivity index is 2.13. The maximum Gasteiger partial charge on any atom is 0.208 e. The molecule has 0 fully saturated rings. The first kappa shape index (κ1) is 14.2. The molecular formula is C12H15FN4S2. The van der Waals surface area contributed by atoms with E-state index in [0.717, 1.165) is 15.0 Å². The zero-order valence-corrected chi connectivity index (χ0v) is 12.6. The summed E-state index contributed by atoms with van der Waals surface area (Å²) in [5.74, 6) is -0.223. The molecule has 0 aliphatic heterocycles. The average Bonchev–Trinajstić information content (AvgIpc) is 2.82. The highest BCUT2D eigenvalue weighted by molar-refractivity contribution is 8.01. The third kappa shape index (κ3) is 3.65. The van der Waals surface area contributed by atoms with Gasteiger partial charge < -0.3 is 10.2 Å². The van der Waals surface area contributed by atoms with E-state index in [4.69, 9.17) is 0 Å². The molecule has 1 heterocycles. The fourth-order valence-corrected chi connectivity index (χ4v) is 3.18. The Labute approximate surface area is 120 Å². The second-order valence-corrected chi connectivity index (χ2v) is 6.39. The van der Waals surface area contributed by atoms with Crippen LogP contribution in [0.1, 0.15) is 5.56 Å². The van der Waals surface area contributed by atoms with E-state index in [1.165, 1.54) is 23.1 Å². The fourth-order valence-electron chi connectivity index (χ4n) is 1.46. The normalized spacial score (nSPS) is 10.7. The van der Waals surface area contributed by atoms with Crippen LogP contribution >= 0.6 is 23.1 Å². The summed E-state index contributed by atoms with van der Waals surface area (Å²) in [7, 11) is 5.65. The van der Waals surface area contributed by atoms with Gasteiger partial charge >= 0.3 is 0 Å². The van der Waals surface area contributed by atoms with Gasteiger partial charge in [0, 0.05) is 20.6 Å². The molecule has 0 unspecified atom stereocenters. The van der Waals surface area contributed by atoms with Crippen LogP contribution in [0.5, 0.6) is 0 Å². The molecular weight excluding hydrogens is 283 g/mol. The van der Waals surface area contributed by atoms with E-state index in [-0.39, 0.29) is 5.82 Å². The molecule has 2 rings (SSSR count). The first-order valence-corrected chi connectivity index (χ1v) is 7.35. The van der Waals surface area contributed by atoms with Crippen molar-refractivity contribution in [2.24, 2.45) is 0 Å². The number of aromatic nitrogens is 2. The van der Waals surface area contributed by atoms with Crippen molar-refractivity contribution in [1.82, 2.24) is 15.5 Å². The van der Waals surface area contributed by atoms with Crippen molar-refractivity contribution >= 4 is 28.2 Å². The molecule has 0 amide bonds. The largest absolute Gasteiger partial charge is 0.353 e. The Morgan fingerprint density at radius 1 is 1.37 bits per heavy atom. The summed E-state index contributed by atoms with van der Waals surface area (Å²) < 4.78 is 14.7. The maximum absolute atomic E-state index is 13.9. The lowest BCUT2D eigenvalue weighted by atomic mass is 10.2. The summed E-state index contributed by atoms with van der Waals surface area (Å²) in [6.45, 7) is 0.658. The number of anilines is 1. The molecule has 1 N–H and O–H groups in total. The second kappa shape index (κ2) is 6.31. The van der Waals surface area contributed by atoms with Crippen molar-refractivity contribution in [1.29, 1.82) is 0 Å². The van der Waals surface area contributed by atoms with Gasteiger partial charge in [-0.3, -0.25) is 0 Å². The van der Waals surface area contributed by atoms with E-state index in [1.807, 2.05) is 32.1 Å². The summed E-state index contributed by atoms with van der Waals surface area (Å²) in [5, 5.41) is 11.9. The lowest BCUT2D eigenvalue weighted by Gasteiger charge is -2.04. The molecule has 0 saturated heterocycles. The van der Waals surface area contributed by atoms with Gasteiger partial charge in [-0.2, -0.15) is 0 Å². The van der Waals surface area contributed by atoms with Gasteiger partial charge in [-0.15, -0.1) is 10.2 Å². The molecule has 0 aliphatic rings. The zero-order chi connectivity index (χ0) is 13.8. The summed E-state index contributed by atoms with van der Waals surface area (Å²) in [6.07, 6.45) is 0. The molecule has 0 bridgehead atoms. The number of hydrogen-bond acceptors (Lipinski definition) is 6. The summed E-state index contributed by atoms with van der Waals surface area (Å²) in [4.78, 5) is 2.45. The minimum atomic E-state index is -0.223. The molecule has 102 valence electrons. The summed E-state index contributed by atoms with van der Waals surface area (Å²) in [5.41, 5.74) is 0.926. The SMILES string of the molecule is CNCc1ccc(Sc2nnc(N(C)C)s2)c(F)c1. The fraction of sp³-hybridized carbons (Fsp3) is 0.333. The van der Waals surface area contributed by atoms with Crippen LogP contribution in [0.25, 0.3) is 0 Å². The van der Waals surface area contributed by atoms with Gasteiger partial charge in [-0.05, 0) is 24.7 Å². The lowest BCUT2D eigenvalue weighted by Crippen LogP contribution is -2.07. The van der Waals surface area contributed by atoms with Crippen LogP contribution in [0.3, 0.4) is 0 Å². The highest BCUT2D eigenvalue weighted by atomic mass is 32.2. The van der Waals surface area contributed by atoms with Gasteiger partial charge in [0.25, 0.3) is 0 Å². The molecule has 0 saturated carbocycles. The lowest BCUT2D eigenvalue weighted by molar-refractivity contribution is 0.598. The van der Waals surface area contributed by atoms with E-state index < -0.39 is 0 Å². The number of hydrogen-bond donors (Lipinski definition) is 1. The van der Waals surface area contributed by atoms with Crippen molar-refractivity contribution in [3.63, 3.8) is 0 Å². The number of nitrogens with zero attached hydrogens (tertiary/aromatic N) is 3. The Morgan fingerprint density at radius 3 is 2.74 bits per heavy atom. The second-order valence-electron chi connectivity index (χ2n) is 4.14. The molecule has 0 radical (unpaired) electrons. The van der Waals surface area contributed by atoms with Crippen molar-refractivity contribution in [3.05, 3.63) is 29.6 Å². The van der Waals surface area contributed by atoms with Crippen LogP contribution in [0, 0.1) is 5.82 Å². The zero-order valence-electron chi connectivity index (χ0n) is 11.0. The first-order chi connectivity index (χ1) is 9.10. The Morgan fingerprint density at radius 2 is 2.16 bits per heavy atom. The highest BCUT2D eigenvalue weighted by Gasteiger charge is 2.10. The van der Waals surface area contributed by atoms with E-state index >= 15 is 0 Å². The smallest absolute Gasteiger partial charge is 0.208 e. The number of nitrogens with one attached hydrogen (secondary N) is 1. The van der Waals surface area contributed by atoms with Crippen LogP contribution in [0.4, 0.5) is 9.52 Å². The number of benzene rings is 1. The van der Waals surface area contributed by atoms with E-state index in [1.54, 1.807) is 12.1 Å². The molecule has 0 atom stereocenters. The van der Waals surface area contributed by atoms with Crippen LogP contribution in [0.2, 0.25) is 0 Å². The third-order valence-corrected chi connectivity index (χ3v) is 4.55. The van der Waals surface area contributed by atoms with Gasteiger partial charge in [-0.25, -0.2) is 4.39 Å². The molecule has 0 aliphatic carbocycles. The van der Waals surface area contributed by atoms with Crippen LogP contribution in [-0.2, 0) is 6.54 Å². The van der Waals surface area contributed by atoms with Crippen molar-refractivity contribution < 1.29 is 4.39 Å². The Hall–Kier alpha value is -1.18. The molecule has 7 heteroatoms. The van der Waals surface area contributed by atoms with Gasteiger partial charge in [0.05, 0.1) is 4.90 Å². The molecule has 2 aromatic rings. The van der Waals surface area contributed by atoms with E-state index in [9.17, 15) is 4.39 Å². The van der Waals surface area contributed by atoms with Gasteiger partial charge in [0.2, 0.25) is 5.13 Å². The third-order valence-electron chi connectivity index (χ3n) is 2.35. The van der Waals surface area contributed by atoms with Crippen LogP contribution in [-0.4, -0.2) is 31.3 Å². The number of rotatable bonds is 5. The first-order valence-electron chi connectivity index (χ1n) is 5.72. The van der Waals surface area contributed by atoms with E-state index in [0.29, 0.717) is 11.4 Å². The topological polar surface area (TPSA) is 41.1 Å². The molecule has 1 aromatic carbocycles. The summed E-state index contributed by atoms with van der Waals surface area (Å²) in [6, 6.07) is 5.24. The van der Waals surface area contributed by atoms with Crippen molar-refractivity contribution in [2.45, 2.75) is 15.8 Å².